The molecule has 1 heterocycles. The zero-order valence-electron chi connectivity index (χ0n) is 10.2. The van der Waals surface area contributed by atoms with Crippen LogP contribution in [0.25, 0.3) is 10.8 Å². The molecule has 0 fully saturated rings. The van der Waals surface area contributed by atoms with Gasteiger partial charge in [-0.15, -0.1) is 0 Å². The topological polar surface area (TPSA) is 46.2 Å². The standard InChI is InChI=1S/C14H9Cl2NO2/c1-5-9(15)3-7-12-8(14(19)17-13(7)18)4-10(16)6(2)11(5)12/h3-4H,1-2H3,(H,17,18,19). The number of hydrogen-bond acceptors (Lipinski definition) is 2. The fourth-order valence-electron chi connectivity index (χ4n) is 2.52. The Morgan fingerprint density at radius 1 is 0.842 bits per heavy atom. The fraction of sp³-hybridized carbons (Fsp3) is 0.143. The average Bonchev–Trinajstić information content (AvgIpc) is 2.35. The zero-order chi connectivity index (χ0) is 13.9. The van der Waals surface area contributed by atoms with Crippen molar-refractivity contribution >= 4 is 45.8 Å². The van der Waals surface area contributed by atoms with Crippen molar-refractivity contribution in [2.45, 2.75) is 13.8 Å². The van der Waals surface area contributed by atoms with Gasteiger partial charge in [-0.1, -0.05) is 23.2 Å². The van der Waals surface area contributed by atoms with Crippen molar-refractivity contribution in [2.24, 2.45) is 0 Å². The van der Waals surface area contributed by atoms with Gasteiger partial charge in [0.1, 0.15) is 0 Å². The summed E-state index contributed by atoms with van der Waals surface area (Å²) in [5.74, 6) is -0.850. The van der Waals surface area contributed by atoms with Gasteiger partial charge in [0.05, 0.1) is 0 Å². The van der Waals surface area contributed by atoms with Crippen molar-refractivity contribution in [3.05, 3.63) is 44.4 Å². The molecule has 0 aliphatic carbocycles. The quantitative estimate of drug-likeness (QED) is 0.754. The highest BCUT2D eigenvalue weighted by molar-refractivity contribution is 6.37. The Hall–Kier alpha value is -1.58. The molecular formula is C14H9Cl2NO2. The van der Waals surface area contributed by atoms with Crippen LogP contribution in [0, 0.1) is 13.8 Å². The summed E-state index contributed by atoms with van der Waals surface area (Å²) in [4.78, 5) is 23.8. The molecule has 0 radical (unpaired) electrons. The van der Waals surface area contributed by atoms with Crippen LogP contribution >= 0.6 is 23.2 Å². The maximum absolute atomic E-state index is 11.9. The molecule has 5 heteroatoms. The lowest BCUT2D eigenvalue weighted by molar-refractivity contribution is 0.0845. The summed E-state index contributed by atoms with van der Waals surface area (Å²) < 4.78 is 0. The first-order valence-electron chi connectivity index (χ1n) is 5.69. The van der Waals surface area contributed by atoms with Gasteiger partial charge in [-0.25, -0.2) is 0 Å². The highest BCUT2D eigenvalue weighted by atomic mass is 35.5. The number of halogens is 2. The van der Waals surface area contributed by atoms with Crippen LogP contribution in [0.1, 0.15) is 31.8 Å². The molecule has 1 aliphatic heterocycles. The van der Waals surface area contributed by atoms with Gasteiger partial charge in [-0.3, -0.25) is 14.9 Å². The van der Waals surface area contributed by atoms with Crippen LogP contribution in [0.5, 0.6) is 0 Å². The number of rotatable bonds is 0. The van der Waals surface area contributed by atoms with Crippen LogP contribution in [-0.4, -0.2) is 11.8 Å². The van der Waals surface area contributed by atoms with Crippen molar-refractivity contribution in [3.8, 4) is 0 Å². The number of carbonyl (C=O) groups excluding carboxylic acids is 2. The molecule has 1 aliphatic rings. The van der Waals surface area contributed by atoms with Gasteiger partial charge < -0.3 is 0 Å². The minimum Gasteiger partial charge on any atom is -0.288 e. The number of aryl methyl sites for hydroxylation is 2. The second-order valence-electron chi connectivity index (χ2n) is 4.60. The third kappa shape index (κ3) is 1.58. The highest BCUT2D eigenvalue weighted by Gasteiger charge is 2.28. The van der Waals surface area contributed by atoms with Crippen molar-refractivity contribution in [1.82, 2.24) is 5.32 Å². The van der Waals surface area contributed by atoms with E-state index >= 15 is 0 Å². The van der Waals surface area contributed by atoms with Crippen molar-refractivity contribution in [1.29, 1.82) is 0 Å². The molecule has 0 unspecified atom stereocenters. The molecule has 1 N–H and O–H groups in total. The first-order valence-corrected chi connectivity index (χ1v) is 6.45. The van der Waals surface area contributed by atoms with Gasteiger partial charge in [0.15, 0.2) is 0 Å². The predicted octanol–water partition coefficient (Wildman–Crippen LogP) is 3.65. The van der Waals surface area contributed by atoms with Crippen LogP contribution in [0.2, 0.25) is 10.0 Å². The van der Waals surface area contributed by atoms with Crippen LogP contribution < -0.4 is 5.32 Å². The first kappa shape index (κ1) is 12.5. The molecule has 0 spiro atoms. The Morgan fingerprint density at radius 2 is 1.26 bits per heavy atom. The number of imide groups is 1. The molecule has 0 saturated heterocycles. The van der Waals surface area contributed by atoms with Crippen LogP contribution in [-0.2, 0) is 0 Å². The van der Waals surface area contributed by atoms with Crippen molar-refractivity contribution in [3.63, 3.8) is 0 Å². The Balaban J connectivity index is 2.66. The normalized spacial score (nSPS) is 13.9. The largest absolute Gasteiger partial charge is 0.288 e. The second kappa shape index (κ2) is 3.95. The monoisotopic (exact) mass is 293 g/mol. The third-order valence-corrected chi connectivity index (χ3v) is 4.30. The van der Waals surface area contributed by atoms with Crippen LogP contribution in [0.4, 0.5) is 0 Å². The lowest BCUT2D eigenvalue weighted by Crippen LogP contribution is -2.35. The molecule has 2 aromatic rings. The zero-order valence-corrected chi connectivity index (χ0v) is 11.7. The van der Waals surface area contributed by atoms with Gasteiger partial charge in [-0.2, -0.15) is 0 Å². The highest BCUT2D eigenvalue weighted by Crippen LogP contribution is 2.38. The summed E-state index contributed by atoms with van der Waals surface area (Å²) in [5, 5.41) is 4.69. The Kier molecular flexibility index (Phi) is 2.59. The van der Waals surface area contributed by atoms with E-state index in [1.54, 1.807) is 12.1 Å². The van der Waals surface area contributed by atoms with E-state index in [1.807, 2.05) is 13.8 Å². The van der Waals surface area contributed by atoms with E-state index in [4.69, 9.17) is 23.2 Å². The smallest absolute Gasteiger partial charge is 0.258 e. The summed E-state index contributed by atoms with van der Waals surface area (Å²) in [6.45, 7) is 3.71. The fourth-order valence-corrected chi connectivity index (χ4v) is 2.93. The minimum absolute atomic E-state index is 0.417. The van der Waals surface area contributed by atoms with Crippen LogP contribution in [0.15, 0.2) is 12.1 Å². The minimum atomic E-state index is -0.425. The third-order valence-electron chi connectivity index (χ3n) is 3.51. The number of benzene rings is 2. The molecule has 3 rings (SSSR count). The molecule has 2 aromatic carbocycles. The predicted molar refractivity (Wildman–Crippen MR) is 75.2 cm³/mol. The van der Waals surface area contributed by atoms with Gasteiger partial charge in [-0.05, 0) is 42.5 Å². The number of nitrogens with one attached hydrogen (secondary N) is 1. The number of carbonyl (C=O) groups is 2. The lowest BCUT2D eigenvalue weighted by Gasteiger charge is -2.20. The van der Waals surface area contributed by atoms with Gasteiger partial charge in [0, 0.05) is 26.6 Å². The van der Waals surface area contributed by atoms with E-state index in [1.165, 1.54) is 0 Å². The Labute approximate surface area is 119 Å². The number of amides is 2. The molecule has 0 bridgehead atoms. The van der Waals surface area contributed by atoms with E-state index in [-0.39, 0.29) is 0 Å². The van der Waals surface area contributed by atoms with Gasteiger partial charge in [0.2, 0.25) is 0 Å². The second-order valence-corrected chi connectivity index (χ2v) is 5.41. The summed E-state index contributed by atoms with van der Waals surface area (Å²) in [6.07, 6.45) is 0. The lowest BCUT2D eigenvalue weighted by atomic mass is 9.90. The summed E-state index contributed by atoms with van der Waals surface area (Å²) >= 11 is 12.3. The Bertz CT molecular complexity index is 720. The molecule has 0 atom stereocenters. The van der Waals surface area contributed by atoms with E-state index in [9.17, 15) is 9.59 Å². The van der Waals surface area contributed by atoms with Crippen LogP contribution in [0.3, 0.4) is 0 Å². The maximum atomic E-state index is 11.9. The summed E-state index contributed by atoms with van der Waals surface area (Å²) in [7, 11) is 0. The van der Waals surface area contributed by atoms with E-state index < -0.39 is 11.8 Å². The van der Waals surface area contributed by atoms with E-state index in [0.29, 0.717) is 26.6 Å². The summed E-state index contributed by atoms with van der Waals surface area (Å²) in [6, 6.07) is 3.19. The average molecular weight is 294 g/mol. The Morgan fingerprint density at radius 3 is 1.68 bits per heavy atom. The SMILES string of the molecule is Cc1c(Cl)cc2c3c(cc(Cl)c(C)c13)C(=O)NC2=O. The molecule has 0 saturated carbocycles. The molecule has 2 amide bonds. The molecule has 0 aromatic heterocycles. The molecular weight excluding hydrogens is 285 g/mol. The summed E-state index contributed by atoms with van der Waals surface area (Å²) in [5.41, 5.74) is 2.48. The van der Waals surface area contributed by atoms with Gasteiger partial charge in [0.25, 0.3) is 11.8 Å². The first-order chi connectivity index (χ1) is 8.91. The number of hydrogen-bond donors (Lipinski definition) is 1. The molecule has 3 nitrogen and oxygen atoms in total. The molecule has 19 heavy (non-hydrogen) atoms. The van der Waals surface area contributed by atoms with Gasteiger partial charge >= 0.3 is 0 Å². The molecule has 96 valence electrons. The van der Waals surface area contributed by atoms with Crippen molar-refractivity contribution in [2.75, 3.05) is 0 Å². The van der Waals surface area contributed by atoms with E-state index in [0.717, 1.165) is 16.5 Å². The van der Waals surface area contributed by atoms with E-state index in [2.05, 4.69) is 5.32 Å². The van der Waals surface area contributed by atoms with Crippen molar-refractivity contribution < 1.29 is 9.59 Å². The maximum Gasteiger partial charge on any atom is 0.258 e.